The number of nitrogens with one attached hydrogen (secondary N) is 4. The van der Waals surface area contributed by atoms with Crippen LogP contribution in [0.25, 0.3) is 10.9 Å². The second-order valence-electron chi connectivity index (χ2n) is 7.22. The summed E-state index contributed by atoms with van der Waals surface area (Å²) in [6, 6.07) is 8.66. The van der Waals surface area contributed by atoms with Gasteiger partial charge in [0.05, 0.1) is 11.6 Å². The van der Waals surface area contributed by atoms with Gasteiger partial charge in [-0.3, -0.25) is 19.5 Å². The number of aromatic nitrogens is 2. The quantitative estimate of drug-likeness (QED) is 0.447. The first-order chi connectivity index (χ1) is 14.9. The summed E-state index contributed by atoms with van der Waals surface area (Å²) >= 11 is 0. The fourth-order valence-electron chi connectivity index (χ4n) is 3.50. The van der Waals surface area contributed by atoms with Gasteiger partial charge in [0.25, 0.3) is 5.91 Å². The Morgan fingerprint density at radius 3 is 2.58 bits per heavy atom. The van der Waals surface area contributed by atoms with E-state index in [2.05, 4.69) is 26.1 Å². The molecule has 1 aliphatic heterocycles. The summed E-state index contributed by atoms with van der Waals surface area (Å²) in [5, 5.41) is 14.9. The Morgan fingerprint density at radius 2 is 1.87 bits per heavy atom. The van der Waals surface area contributed by atoms with Gasteiger partial charge in [-0.25, -0.2) is 8.78 Å². The number of H-pyrrole nitrogens is 1. The highest BCUT2D eigenvalue weighted by Gasteiger charge is 2.32. The number of hydrogen-bond acceptors (Lipinski definition) is 4. The molecule has 0 radical (unpaired) electrons. The first-order valence-corrected chi connectivity index (χ1v) is 9.68. The SMILES string of the molecule is O=C(NCC(NC(=O)C1CCNC1=O)c1ccc(F)cc1)c1n[nH]c2ccc(F)cc12. The smallest absolute Gasteiger partial charge is 0.272 e. The maximum absolute atomic E-state index is 13.6. The molecule has 4 N–H and O–H groups in total. The van der Waals surface area contributed by atoms with Gasteiger partial charge in [0.2, 0.25) is 11.8 Å². The summed E-state index contributed by atoms with van der Waals surface area (Å²) < 4.78 is 26.9. The van der Waals surface area contributed by atoms with Gasteiger partial charge in [-0.1, -0.05) is 12.1 Å². The molecule has 0 saturated carbocycles. The summed E-state index contributed by atoms with van der Waals surface area (Å²) in [5.41, 5.74) is 1.06. The van der Waals surface area contributed by atoms with E-state index in [-0.39, 0.29) is 18.1 Å². The molecule has 0 spiro atoms. The number of aromatic amines is 1. The van der Waals surface area contributed by atoms with Crippen molar-refractivity contribution < 1.29 is 23.2 Å². The molecule has 8 nitrogen and oxygen atoms in total. The number of carbonyl (C=O) groups is 3. The predicted octanol–water partition coefficient (Wildman–Crippen LogP) is 1.56. The zero-order valence-electron chi connectivity index (χ0n) is 16.2. The second kappa shape index (κ2) is 8.50. The monoisotopic (exact) mass is 427 g/mol. The van der Waals surface area contributed by atoms with E-state index in [9.17, 15) is 23.2 Å². The number of hydrogen-bond donors (Lipinski definition) is 4. The molecule has 1 saturated heterocycles. The first kappa shape index (κ1) is 20.5. The molecular weight excluding hydrogens is 408 g/mol. The highest BCUT2D eigenvalue weighted by molar-refractivity contribution is 6.04. The second-order valence-corrected chi connectivity index (χ2v) is 7.22. The Morgan fingerprint density at radius 1 is 1.13 bits per heavy atom. The topological polar surface area (TPSA) is 116 Å². The van der Waals surface area contributed by atoms with Crippen molar-refractivity contribution in [1.82, 2.24) is 26.1 Å². The van der Waals surface area contributed by atoms with Crippen LogP contribution < -0.4 is 16.0 Å². The van der Waals surface area contributed by atoms with Crippen molar-refractivity contribution in [3.63, 3.8) is 0 Å². The summed E-state index contributed by atoms with van der Waals surface area (Å²) in [5.74, 6) is -3.18. The highest BCUT2D eigenvalue weighted by atomic mass is 19.1. The molecule has 160 valence electrons. The fraction of sp³-hybridized carbons (Fsp3) is 0.238. The van der Waals surface area contributed by atoms with Crippen molar-refractivity contribution in [3.8, 4) is 0 Å². The predicted molar refractivity (Wildman–Crippen MR) is 107 cm³/mol. The van der Waals surface area contributed by atoms with Crippen LogP contribution >= 0.6 is 0 Å². The minimum absolute atomic E-state index is 0.00820. The molecule has 3 amide bonds. The average molecular weight is 427 g/mol. The molecule has 0 aliphatic carbocycles. The van der Waals surface area contributed by atoms with Crippen LogP contribution in [0.2, 0.25) is 0 Å². The molecule has 1 aromatic heterocycles. The van der Waals surface area contributed by atoms with Crippen molar-refractivity contribution in [2.75, 3.05) is 13.1 Å². The largest absolute Gasteiger partial charge is 0.355 e. The lowest BCUT2D eigenvalue weighted by atomic mass is 10.0. The first-order valence-electron chi connectivity index (χ1n) is 9.68. The number of rotatable bonds is 6. The Hall–Kier alpha value is -3.82. The van der Waals surface area contributed by atoms with Crippen molar-refractivity contribution in [2.24, 2.45) is 5.92 Å². The van der Waals surface area contributed by atoms with Crippen LogP contribution in [0.4, 0.5) is 8.78 Å². The molecular formula is C21H19F2N5O3. The van der Waals surface area contributed by atoms with Crippen molar-refractivity contribution in [2.45, 2.75) is 12.5 Å². The highest BCUT2D eigenvalue weighted by Crippen LogP contribution is 2.19. The Bertz CT molecular complexity index is 1150. The fourth-order valence-corrected chi connectivity index (χ4v) is 3.50. The van der Waals surface area contributed by atoms with E-state index in [1.165, 1.54) is 42.5 Å². The van der Waals surface area contributed by atoms with Gasteiger partial charge < -0.3 is 16.0 Å². The number of fused-ring (bicyclic) bond motifs is 1. The van der Waals surface area contributed by atoms with E-state index < -0.39 is 35.4 Å². The van der Waals surface area contributed by atoms with Gasteiger partial charge >= 0.3 is 0 Å². The average Bonchev–Trinajstić information content (AvgIpc) is 3.37. The molecule has 4 rings (SSSR count). The zero-order valence-corrected chi connectivity index (χ0v) is 16.2. The normalized spacial score (nSPS) is 16.7. The summed E-state index contributed by atoms with van der Waals surface area (Å²) in [4.78, 5) is 37.1. The standard InChI is InChI=1S/C21H19F2N5O3/c22-12-3-1-11(2-4-12)17(26-20(30)14-7-8-24-19(14)29)10-25-21(31)18-15-9-13(23)5-6-16(15)27-28-18/h1-6,9,14,17H,7-8,10H2,(H,24,29)(H,25,31)(H,26,30)(H,27,28). The van der Waals surface area contributed by atoms with Crippen LogP contribution in [0.5, 0.6) is 0 Å². The lowest BCUT2D eigenvalue weighted by Gasteiger charge is -2.21. The maximum atomic E-state index is 13.6. The van der Waals surface area contributed by atoms with Crippen LogP contribution in [-0.4, -0.2) is 41.0 Å². The Labute approximate surface area is 175 Å². The molecule has 2 atom stereocenters. The third-order valence-corrected chi connectivity index (χ3v) is 5.16. The number of halogens is 2. The van der Waals surface area contributed by atoms with E-state index in [1.54, 1.807) is 0 Å². The molecule has 1 aliphatic rings. The summed E-state index contributed by atoms with van der Waals surface area (Å²) in [6.45, 7) is 0.367. The third-order valence-electron chi connectivity index (χ3n) is 5.16. The van der Waals surface area contributed by atoms with Gasteiger partial charge in [-0.15, -0.1) is 0 Å². The van der Waals surface area contributed by atoms with Crippen molar-refractivity contribution in [3.05, 3.63) is 65.4 Å². The Kier molecular flexibility index (Phi) is 5.61. The molecule has 2 unspecified atom stereocenters. The summed E-state index contributed by atoms with van der Waals surface area (Å²) in [7, 11) is 0. The van der Waals surface area contributed by atoms with Gasteiger partial charge in [0.1, 0.15) is 17.6 Å². The minimum Gasteiger partial charge on any atom is -0.355 e. The van der Waals surface area contributed by atoms with Gasteiger partial charge in [0.15, 0.2) is 5.69 Å². The van der Waals surface area contributed by atoms with E-state index >= 15 is 0 Å². The van der Waals surface area contributed by atoms with Crippen LogP contribution in [0.3, 0.4) is 0 Å². The zero-order chi connectivity index (χ0) is 22.0. The van der Waals surface area contributed by atoms with Crippen LogP contribution in [-0.2, 0) is 9.59 Å². The molecule has 31 heavy (non-hydrogen) atoms. The lowest BCUT2D eigenvalue weighted by Crippen LogP contribution is -2.42. The van der Waals surface area contributed by atoms with E-state index in [0.717, 1.165) is 0 Å². The van der Waals surface area contributed by atoms with Crippen molar-refractivity contribution >= 4 is 28.6 Å². The van der Waals surface area contributed by atoms with Gasteiger partial charge in [-0.05, 0) is 42.3 Å². The van der Waals surface area contributed by atoms with Crippen LogP contribution in [0, 0.1) is 17.6 Å². The minimum atomic E-state index is -0.822. The number of carbonyl (C=O) groups excluding carboxylic acids is 3. The summed E-state index contributed by atoms with van der Waals surface area (Å²) in [6.07, 6.45) is 0.373. The molecule has 2 heterocycles. The number of nitrogens with zero attached hydrogens (tertiary/aromatic N) is 1. The van der Waals surface area contributed by atoms with Crippen LogP contribution in [0.1, 0.15) is 28.5 Å². The molecule has 3 aromatic rings. The third kappa shape index (κ3) is 4.37. The van der Waals surface area contributed by atoms with Crippen LogP contribution in [0.15, 0.2) is 42.5 Å². The van der Waals surface area contributed by atoms with Gasteiger partial charge in [-0.2, -0.15) is 5.10 Å². The maximum Gasteiger partial charge on any atom is 0.272 e. The van der Waals surface area contributed by atoms with E-state index in [4.69, 9.17) is 0 Å². The van der Waals surface area contributed by atoms with E-state index in [0.29, 0.717) is 29.4 Å². The van der Waals surface area contributed by atoms with Crippen molar-refractivity contribution in [1.29, 1.82) is 0 Å². The molecule has 0 bridgehead atoms. The van der Waals surface area contributed by atoms with E-state index in [1.807, 2.05) is 0 Å². The molecule has 2 aromatic carbocycles. The Balaban J connectivity index is 1.51. The van der Waals surface area contributed by atoms with Gasteiger partial charge in [0, 0.05) is 18.5 Å². The number of benzene rings is 2. The lowest BCUT2D eigenvalue weighted by molar-refractivity contribution is -0.133. The number of amides is 3. The molecule has 10 heteroatoms. The molecule has 1 fully saturated rings.